The van der Waals surface area contributed by atoms with Gasteiger partial charge in [0.25, 0.3) is 11.5 Å². The van der Waals surface area contributed by atoms with Crippen LogP contribution in [-0.2, 0) is 24.9 Å². The number of benzene rings is 2. The number of amides is 1. The number of hydrogen-bond donors (Lipinski definition) is 1. The lowest BCUT2D eigenvalue weighted by molar-refractivity contribution is -0.118. The van der Waals surface area contributed by atoms with Crippen LogP contribution in [0.1, 0.15) is 25.2 Å². The Morgan fingerprint density at radius 1 is 0.927 bits per heavy atom. The smallest absolute Gasteiger partial charge is 0.332 e. The second-order valence-corrected chi connectivity index (χ2v) is 8.93. The van der Waals surface area contributed by atoms with Crippen molar-refractivity contribution < 1.29 is 23.7 Å². The molecule has 1 amide bonds. The van der Waals surface area contributed by atoms with Gasteiger partial charge in [-0.15, -0.1) is 0 Å². The first kappa shape index (κ1) is 29.0. The van der Waals surface area contributed by atoms with E-state index in [1.807, 2.05) is 25.1 Å². The van der Waals surface area contributed by atoms with Gasteiger partial charge in [-0.3, -0.25) is 18.7 Å². The maximum Gasteiger partial charge on any atom is 0.332 e. The van der Waals surface area contributed by atoms with Gasteiger partial charge in [0.05, 0.1) is 21.3 Å². The van der Waals surface area contributed by atoms with Crippen LogP contribution in [0.25, 0.3) is 23.3 Å². The third-order valence-electron chi connectivity index (χ3n) is 6.53. The molecule has 2 aromatic heterocycles. The molecule has 0 aliphatic heterocycles. The summed E-state index contributed by atoms with van der Waals surface area (Å²) < 4.78 is 26.0. The molecule has 1 N–H and O–H groups in total. The number of hydrogen-bond acceptors (Lipinski definition) is 8. The summed E-state index contributed by atoms with van der Waals surface area (Å²) in [6.45, 7) is 4.08. The van der Waals surface area contributed by atoms with Crippen LogP contribution in [-0.4, -0.2) is 52.5 Å². The number of imidazole rings is 1. The second kappa shape index (κ2) is 12.5. The van der Waals surface area contributed by atoms with E-state index in [-0.39, 0.29) is 30.3 Å². The van der Waals surface area contributed by atoms with E-state index >= 15 is 0 Å². The number of anilines is 1. The Hall–Kier alpha value is -5.00. The normalized spacial score (nSPS) is 11.2. The fraction of sp³-hybridized carbons (Fsp3) is 0.310. The summed E-state index contributed by atoms with van der Waals surface area (Å²) >= 11 is 0. The molecule has 0 fully saturated rings. The second-order valence-electron chi connectivity index (χ2n) is 8.93. The molecule has 0 radical (unpaired) electrons. The fourth-order valence-corrected chi connectivity index (χ4v) is 4.44. The monoisotopic (exact) mass is 563 g/mol. The third kappa shape index (κ3) is 5.81. The Morgan fingerprint density at radius 2 is 1.56 bits per heavy atom. The van der Waals surface area contributed by atoms with Gasteiger partial charge in [0.2, 0.25) is 5.75 Å². The average molecular weight is 564 g/mol. The van der Waals surface area contributed by atoms with E-state index in [1.54, 1.807) is 48.9 Å². The number of ether oxygens (including phenoxy) is 4. The number of carbonyl (C=O) groups excluding carboxylic acids is 1. The Morgan fingerprint density at radius 3 is 2.12 bits per heavy atom. The van der Waals surface area contributed by atoms with Gasteiger partial charge in [0, 0.05) is 38.0 Å². The Kier molecular flexibility index (Phi) is 8.81. The fourth-order valence-electron chi connectivity index (χ4n) is 4.44. The molecule has 0 aliphatic rings. The number of methoxy groups -OCH3 is 3. The van der Waals surface area contributed by atoms with Crippen molar-refractivity contribution in [3.8, 4) is 23.0 Å². The SMILES string of the molecule is CCn1c(=O)c2c(nc(/C=C/c3ccc(OCC(=O)Nc4cc(OC)c(OC)c(OC)c4)cc3)n2C)n(CC)c1=O. The van der Waals surface area contributed by atoms with E-state index in [9.17, 15) is 14.4 Å². The van der Waals surface area contributed by atoms with Gasteiger partial charge >= 0.3 is 5.69 Å². The molecule has 216 valence electrons. The summed E-state index contributed by atoms with van der Waals surface area (Å²) in [5.74, 6) is 1.95. The topological polar surface area (TPSA) is 128 Å². The van der Waals surface area contributed by atoms with Crippen molar-refractivity contribution in [2.75, 3.05) is 33.3 Å². The minimum atomic E-state index is -0.367. The molecule has 4 rings (SSSR count). The van der Waals surface area contributed by atoms with Gasteiger partial charge in [-0.05, 0) is 37.6 Å². The van der Waals surface area contributed by atoms with Gasteiger partial charge in [-0.25, -0.2) is 9.78 Å². The molecule has 12 heteroatoms. The zero-order valence-electron chi connectivity index (χ0n) is 23.9. The lowest BCUT2D eigenvalue weighted by atomic mass is 10.2. The molecule has 41 heavy (non-hydrogen) atoms. The number of nitrogens with zero attached hydrogens (tertiary/aromatic N) is 4. The van der Waals surface area contributed by atoms with Crippen LogP contribution in [0.5, 0.6) is 23.0 Å². The molecular weight excluding hydrogens is 530 g/mol. The van der Waals surface area contributed by atoms with E-state index in [2.05, 4.69) is 10.3 Å². The van der Waals surface area contributed by atoms with Crippen molar-refractivity contribution in [1.82, 2.24) is 18.7 Å². The van der Waals surface area contributed by atoms with Crippen LogP contribution >= 0.6 is 0 Å². The summed E-state index contributed by atoms with van der Waals surface area (Å²) in [6.07, 6.45) is 3.62. The van der Waals surface area contributed by atoms with Crippen LogP contribution in [0.15, 0.2) is 46.0 Å². The van der Waals surface area contributed by atoms with Crippen molar-refractivity contribution in [1.29, 1.82) is 0 Å². The molecule has 0 unspecified atom stereocenters. The summed E-state index contributed by atoms with van der Waals surface area (Å²) in [7, 11) is 6.25. The van der Waals surface area contributed by atoms with Crippen LogP contribution in [0.4, 0.5) is 5.69 Å². The first-order chi connectivity index (χ1) is 19.8. The molecule has 0 bridgehead atoms. The van der Waals surface area contributed by atoms with Crippen LogP contribution in [0, 0.1) is 0 Å². The first-order valence-corrected chi connectivity index (χ1v) is 13.0. The molecule has 2 heterocycles. The molecular formula is C29H33N5O7. The van der Waals surface area contributed by atoms with Gasteiger partial charge in [0.1, 0.15) is 11.6 Å². The molecule has 0 aliphatic carbocycles. The lowest BCUT2D eigenvalue weighted by Gasteiger charge is -2.14. The minimum absolute atomic E-state index is 0.208. The predicted octanol–water partition coefficient (Wildman–Crippen LogP) is 3.15. The number of carbonyl (C=O) groups is 1. The molecule has 12 nitrogen and oxygen atoms in total. The number of aromatic nitrogens is 4. The molecule has 2 aromatic carbocycles. The predicted molar refractivity (Wildman–Crippen MR) is 156 cm³/mol. The molecule has 0 spiro atoms. The highest BCUT2D eigenvalue weighted by atomic mass is 16.5. The summed E-state index contributed by atoms with van der Waals surface area (Å²) in [5, 5.41) is 2.76. The zero-order valence-corrected chi connectivity index (χ0v) is 23.9. The maximum atomic E-state index is 12.9. The number of rotatable bonds is 11. The standard InChI is InChI=1S/C29H33N5O7/c1-7-33-27-25(28(36)34(8-2)29(33)37)32(3)23(31-27)14-11-18-9-12-20(13-10-18)41-17-24(35)30-19-15-21(38-4)26(40-6)22(16-19)39-5/h9-16H,7-8,17H2,1-6H3,(H,30,35)/b14-11+. The van der Waals surface area contributed by atoms with Gasteiger partial charge < -0.3 is 28.8 Å². The molecule has 4 aromatic rings. The van der Waals surface area contributed by atoms with Crippen molar-refractivity contribution in [3.63, 3.8) is 0 Å². The van der Waals surface area contributed by atoms with E-state index in [4.69, 9.17) is 18.9 Å². The van der Waals surface area contributed by atoms with E-state index < -0.39 is 0 Å². The van der Waals surface area contributed by atoms with Crippen molar-refractivity contribution in [2.24, 2.45) is 7.05 Å². The Bertz CT molecular complexity index is 1690. The van der Waals surface area contributed by atoms with Gasteiger partial charge in [-0.1, -0.05) is 18.2 Å². The van der Waals surface area contributed by atoms with Gasteiger partial charge in [-0.2, -0.15) is 0 Å². The molecule has 0 saturated heterocycles. The highest BCUT2D eigenvalue weighted by Gasteiger charge is 2.18. The highest BCUT2D eigenvalue weighted by Crippen LogP contribution is 2.39. The Balaban J connectivity index is 1.44. The number of aryl methyl sites for hydroxylation is 2. The summed E-state index contributed by atoms with van der Waals surface area (Å²) in [4.78, 5) is 42.6. The van der Waals surface area contributed by atoms with Crippen molar-refractivity contribution >= 4 is 34.9 Å². The number of fused-ring (bicyclic) bond motifs is 1. The molecule has 0 atom stereocenters. The lowest BCUT2D eigenvalue weighted by Crippen LogP contribution is -2.39. The van der Waals surface area contributed by atoms with Crippen molar-refractivity contribution in [2.45, 2.75) is 26.9 Å². The van der Waals surface area contributed by atoms with Gasteiger partial charge in [0.15, 0.2) is 29.3 Å². The largest absolute Gasteiger partial charge is 0.493 e. The first-order valence-electron chi connectivity index (χ1n) is 13.0. The van der Waals surface area contributed by atoms with E-state index in [0.717, 1.165) is 5.56 Å². The minimum Gasteiger partial charge on any atom is -0.493 e. The number of nitrogens with one attached hydrogen (secondary N) is 1. The highest BCUT2D eigenvalue weighted by molar-refractivity contribution is 5.92. The average Bonchev–Trinajstić information content (AvgIpc) is 3.31. The van der Waals surface area contributed by atoms with Crippen LogP contribution in [0.2, 0.25) is 0 Å². The van der Waals surface area contributed by atoms with E-state index in [0.29, 0.717) is 52.2 Å². The summed E-state index contributed by atoms with van der Waals surface area (Å²) in [5.41, 5.74) is 1.34. The Labute approximate surface area is 236 Å². The van der Waals surface area contributed by atoms with Crippen molar-refractivity contribution in [3.05, 3.63) is 68.6 Å². The van der Waals surface area contributed by atoms with E-state index in [1.165, 1.54) is 30.5 Å². The molecule has 0 saturated carbocycles. The van der Waals surface area contributed by atoms with Crippen LogP contribution < -0.4 is 35.5 Å². The summed E-state index contributed by atoms with van der Waals surface area (Å²) in [6, 6.07) is 10.4. The zero-order chi connectivity index (χ0) is 29.7. The third-order valence-corrected chi connectivity index (χ3v) is 6.53. The maximum absolute atomic E-state index is 12.9. The quantitative estimate of drug-likeness (QED) is 0.295. The van der Waals surface area contributed by atoms with Crippen LogP contribution in [0.3, 0.4) is 0 Å².